The van der Waals surface area contributed by atoms with Gasteiger partial charge >= 0.3 is 0 Å². The Hall–Kier alpha value is -4.18. The molecule has 0 aliphatic heterocycles. The minimum Gasteiger partial charge on any atom is -0.493 e. The SMILES string of the molecule is COc1ccc(/C=N/NC(=O)CSc2nc3ccccc3c(=O)n2CCc2ccccn2)cc1OC. The Morgan fingerprint density at radius 2 is 1.89 bits per heavy atom. The molecule has 0 aliphatic rings. The number of carbonyl (C=O) groups is 1. The van der Waals surface area contributed by atoms with Crippen molar-refractivity contribution in [3.05, 3.63) is 88.5 Å². The van der Waals surface area contributed by atoms with Crippen molar-refractivity contribution in [3.63, 3.8) is 0 Å². The number of thioether (sulfide) groups is 1. The summed E-state index contributed by atoms with van der Waals surface area (Å²) in [5, 5.41) is 5.02. The number of amides is 1. The first-order valence-electron chi connectivity index (χ1n) is 11.1. The molecule has 2 aromatic carbocycles. The highest BCUT2D eigenvalue weighted by molar-refractivity contribution is 7.99. The van der Waals surface area contributed by atoms with Gasteiger partial charge in [-0.3, -0.25) is 19.1 Å². The summed E-state index contributed by atoms with van der Waals surface area (Å²) in [5.74, 6) is 0.884. The highest BCUT2D eigenvalue weighted by Crippen LogP contribution is 2.26. The largest absolute Gasteiger partial charge is 0.493 e. The number of carbonyl (C=O) groups excluding carboxylic acids is 1. The minimum absolute atomic E-state index is 0.0393. The molecule has 0 unspecified atom stereocenters. The van der Waals surface area contributed by atoms with E-state index >= 15 is 0 Å². The quantitative estimate of drug-likeness (QED) is 0.153. The van der Waals surface area contributed by atoms with Crippen LogP contribution in [0.3, 0.4) is 0 Å². The van der Waals surface area contributed by atoms with Crippen LogP contribution in [-0.4, -0.2) is 46.6 Å². The summed E-state index contributed by atoms with van der Waals surface area (Å²) in [5.41, 5.74) is 4.56. The normalized spacial score (nSPS) is 11.1. The number of rotatable bonds is 10. The topological polar surface area (TPSA) is 108 Å². The molecule has 0 saturated carbocycles. The van der Waals surface area contributed by atoms with Crippen LogP contribution in [0.5, 0.6) is 11.5 Å². The Bertz CT molecular complexity index is 1440. The van der Waals surface area contributed by atoms with Crippen molar-refractivity contribution in [2.24, 2.45) is 5.10 Å². The molecule has 0 atom stereocenters. The number of fused-ring (bicyclic) bond motifs is 1. The van der Waals surface area contributed by atoms with Gasteiger partial charge in [0.2, 0.25) is 0 Å². The van der Waals surface area contributed by atoms with Gasteiger partial charge < -0.3 is 9.47 Å². The van der Waals surface area contributed by atoms with Gasteiger partial charge in [-0.05, 0) is 48.0 Å². The van der Waals surface area contributed by atoms with Crippen LogP contribution in [0.25, 0.3) is 10.9 Å². The smallest absolute Gasteiger partial charge is 0.262 e. The van der Waals surface area contributed by atoms with Gasteiger partial charge in [-0.1, -0.05) is 30.0 Å². The van der Waals surface area contributed by atoms with Crippen LogP contribution in [0.1, 0.15) is 11.3 Å². The fourth-order valence-electron chi connectivity index (χ4n) is 3.50. The number of hydrazone groups is 1. The molecule has 4 aromatic rings. The average Bonchev–Trinajstić information content (AvgIpc) is 2.92. The molecule has 0 radical (unpaired) electrons. The van der Waals surface area contributed by atoms with Crippen molar-refractivity contribution in [2.45, 2.75) is 18.1 Å². The summed E-state index contributed by atoms with van der Waals surface area (Å²) in [6, 6.07) is 18.2. The van der Waals surface area contributed by atoms with Crippen molar-refractivity contribution >= 4 is 34.8 Å². The van der Waals surface area contributed by atoms with Crippen LogP contribution < -0.4 is 20.5 Å². The van der Waals surface area contributed by atoms with Crippen LogP contribution >= 0.6 is 11.8 Å². The molecule has 0 saturated heterocycles. The van der Waals surface area contributed by atoms with Crippen molar-refractivity contribution in [1.82, 2.24) is 20.0 Å². The van der Waals surface area contributed by atoms with Gasteiger partial charge in [0.15, 0.2) is 16.7 Å². The van der Waals surface area contributed by atoms with Gasteiger partial charge in [-0.2, -0.15) is 5.10 Å². The third-order valence-corrected chi connectivity index (χ3v) is 6.26. The molecule has 1 N–H and O–H groups in total. The lowest BCUT2D eigenvalue weighted by Crippen LogP contribution is -2.26. The van der Waals surface area contributed by atoms with E-state index in [9.17, 15) is 9.59 Å². The fourth-order valence-corrected chi connectivity index (χ4v) is 4.32. The zero-order valence-corrected chi connectivity index (χ0v) is 20.7. The molecule has 1 amide bonds. The minimum atomic E-state index is -0.324. The first-order valence-corrected chi connectivity index (χ1v) is 12.1. The summed E-state index contributed by atoms with van der Waals surface area (Å²) in [4.78, 5) is 34.6. The van der Waals surface area contributed by atoms with Gasteiger partial charge in [0.05, 0.1) is 37.1 Å². The molecule has 0 aliphatic carbocycles. The predicted molar refractivity (Wildman–Crippen MR) is 140 cm³/mol. The predicted octanol–water partition coefficient (Wildman–Crippen LogP) is 3.29. The van der Waals surface area contributed by atoms with Crippen molar-refractivity contribution in [1.29, 1.82) is 0 Å². The number of methoxy groups -OCH3 is 2. The van der Waals surface area contributed by atoms with E-state index in [1.165, 1.54) is 18.0 Å². The van der Waals surface area contributed by atoms with Gasteiger partial charge in [0.25, 0.3) is 11.5 Å². The molecule has 0 fully saturated rings. The number of nitrogens with zero attached hydrogens (tertiary/aromatic N) is 4. The van der Waals surface area contributed by atoms with Crippen LogP contribution in [0.15, 0.2) is 81.9 Å². The molecule has 184 valence electrons. The number of aryl methyl sites for hydroxylation is 1. The molecule has 0 spiro atoms. The zero-order valence-electron chi connectivity index (χ0n) is 19.9. The average molecular weight is 504 g/mol. The number of hydrogen-bond donors (Lipinski definition) is 1. The molecule has 2 heterocycles. The third kappa shape index (κ3) is 6.08. The lowest BCUT2D eigenvalue weighted by atomic mass is 10.2. The molecular weight excluding hydrogens is 478 g/mol. The van der Waals surface area contributed by atoms with E-state index in [-0.39, 0.29) is 17.2 Å². The van der Waals surface area contributed by atoms with E-state index in [2.05, 4.69) is 20.5 Å². The van der Waals surface area contributed by atoms with Crippen LogP contribution in [0, 0.1) is 0 Å². The summed E-state index contributed by atoms with van der Waals surface area (Å²) in [6.07, 6.45) is 3.80. The van der Waals surface area contributed by atoms with E-state index in [0.29, 0.717) is 40.5 Å². The summed E-state index contributed by atoms with van der Waals surface area (Å²) in [6.45, 7) is 0.398. The Morgan fingerprint density at radius 3 is 2.67 bits per heavy atom. The lowest BCUT2D eigenvalue weighted by molar-refractivity contribution is -0.118. The van der Waals surface area contributed by atoms with Gasteiger partial charge in [0.1, 0.15) is 0 Å². The van der Waals surface area contributed by atoms with Gasteiger partial charge in [-0.25, -0.2) is 10.4 Å². The van der Waals surface area contributed by atoms with E-state index in [4.69, 9.17) is 9.47 Å². The van der Waals surface area contributed by atoms with E-state index in [0.717, 1.165) is 11.3 Å². The first kappa shape index (κ1) is 24.9. The number of nitrogens with one attached hydrogen (secondary N) is 1. The number of ether oxygens (including phenoxy) is 2. The maximum atomic E-state index is 13.2. The third-order valence-electron chi connectivity index (χ3n) is 5.29. The Morgan fingerprint density at radius 1 is 1.08 bits per heavy atom. The fraction of sp³-hybridized carbons (Fsp3) is 0.192. The number of para-hydroxylation sites is 1. The zero-order chi connectivity index (χ0) is 25.3. The van der Waals surface area contributed by atoms with Crippen molar-refractivity contribution in [3.8, 4) is 11.5 Å². The molecule has 9 nitrogen and oxygen atoms in total. The van der Waals surface area contributed by atoms with Crippen molar-refractivity contribution < 1.29 is 14.3 Å². The number of aromatic nitrogens is 3. The molecule has 10 heteroatoms. The van der Waals surface area contributed by atoms with E-state index < -0.39 is 0 Å². The molecule has 2 aromatic heterocycles. The second kappa shape index (κ2) is 12.0. The highest BCUT2D eigenvalue weighted by Gasteiger charge is 2.13. The van der Waals surface area contributed by atoms with Gasteiger partial charge in [-0.15, -0.1) is 0 Å². The summed E-state index contributed by atoms with van der Waals surface area (Å²) in [7, 11) is 3.11. The molecular formula is C26H25N5O4S. The Kier molecular flexibility index (Phi) is 8.30. The summed E-state index contributed by atoms with van der Waals surface area (Å²) < 4.78 is 12.1. The van der Waals surface area contributed by atoms with E-state index in [1.54, 1.807) is 55.3 Å². The summed E-state index contributed by atoms with van der Waals surface area (Å²) >= 11 is 1.19. The standard InChI is InChI=1S/C26H25N5O4S/c1-34-22-11-10-18(15-23(22)35-2)16-28-30-24(32)17-36-26-29-21-9-4-3-8-20(21)25(33)31(26)14-12-19-7-5-6-13-27-19/h3-11,13,15-16H,12,14,17H2,1-2H3,(H,30,32)/b28-16+. The monoisotopic (exact) mass is 503 g/mol. The molecule has 4 rings (SSSR count). The first-order chi connectivity index (χ1) is 17.6. The van der Waals surface area contributed by atoms with Crippen LogP contribution in [0.2, 0.25) is 0 Å². The molecule has 36 heavy (non-hydrogen) atoms. The lowest BCUT2D eigenvalue weighted by Gasteiger charge is -2.12. The molecule has 0 bridgehead atoms. The van der Waals surface area contributed by atoms with Crippen molar-refractivity contribution in [2.75, 3.05) is 20.0 Å². The number of benzene rings is 2. The number of hydrogen-bond acceptors (Lipinski definition) is 8. The maximum absolute atomic E-state index is 13.2. The Labute approximate surface area is 212 Å². The van der Waals surface area contributed by atoms with Gasteiger partial charge in [0, 0.05) is 24.9 Å². The van der Waals surface area contributed by atoms with Crippen LogP contribution in [-0.2, 0) is 17.8 Å². The van der Waals surface area contributed by atoms with E-state index in [1.807, 2.05) is 30.3 Å². The second-order valence-electron chi connectivity index (χ2n) is 7.64. The number of pyridine rings is 1. The highest BCUT2D eigenvalue weighted by atomic mass is 32.2. The maximum Gasteiger partial charge on any atom is 0.262 e. The second-order valence-corrected chi connectivity index (χ2v) is 8.58. The Balaban J connectivity index is 1.45. The van der Waals surface area contributed by atoms with Crippen LogP contribution in [0.4, 0.5) is 0 Å².